The van der Waals surface area contributed by atoms with Crippen LogP contribution in [0.2, 0.25) is 5.02 Å². The lowest BCUT2D eigenvalue weighted by molar-refractivity contribution is -0.123. The quantitative estimate of drug-likeness (QED) is 0.244. The van der Waals surface area contributed by atoms with Crippen molar-refractivity contribution in [1.82, 2.24) is 19.7 Å². The van der Waals surface area contributed by atoms with Crippen LogP contribution in [0.15, 0.2) is 42.7 Å². The first-order valence-electron chi connectivity index (χ1n) is 15.0. The maximum absolute atomic E-state index is 14.6. The number of primary amides is 1. The monoisotopic (exact) mass is 633 g/mol. The summed E-state index contributed by atoms with van der Waals surface area (Å²) in [5, 5.41) is 15.2. The average Bonchev–Trinajstić information content (AvgIpc) is 3.66. The van der Waals surface area contributed by atoms with Crippen LogP contribution in [0.1, 0.15) is 72.3 Å². The van der Waals surface area contributed by atoms with Gasteiger partial charge in [0.1, 0.15) is 34.9 Å². The zero-order valence-electron chi connectivity index (χ0n) is 24.9. The van der Waals surface area contributed by atoms with Crippen molar-refractivity contribution in [2.75, 3.05) is 20.3 Å². The molecule has 2 saturated carbocycles. The smallest absolute Gasteiger partial charge is 0.253 e. The summed E-state index contributed by atoms with van der Waals surface area (Å²) >= 11 is 5.95. The number of carbonyl (C=O) groups is 2. The molecule has 0 saturated heterocycles. The molecule has 3 aromatic heterocycles. The first-order chi connectivity index (χ1) is 21.5. The molecule has 0 radical (unpaired) electrons. The van der Waals surface area contributed by atoms with E-state index in [4.69, 9.17) is 36.8 Å². The lowest BCUT2D eigenvalue weighted by atomic mass is 9.70. The number of aliphatic hydroxyl groups is 1. The van der Waals surface area contributed by atoms with Gasteiger partial charge in [0.2, 0.25) is 5.91 Å². The topological polar surface area (TPSA) is 141 Å². The average molecular weight is 634 g/mol. The van der Waals surface area contributed by atoms with E-state index in [0.717, 1.165) is 25.0 Å². The van der Waals surface area contributed by atoms with E-state index in [9.17, 15) is 19.1 Å². The number of nitrogens with two attached hydrogens (primary N) is 1. The molecule has 1 aliphatic heterocycles. The van der Waals surface area contributed by atoms with Crippen LogP contribution in [0.5, 0.6) is 11.5 Å². The van der Waals surface area contributed by atoms with Crippen LogP contribution in [0, 0.1) is 11.7 Å². The number of imidazole rings is 1. The van der Waals surface area contributed by atoms with Crippen LogP contribution in [0.3, 0.4) is 0 Å². The largest absolute Gasteiger partial charge is 0.493 e. The summed E-state index contributed by atoms with van der Waals surface area (Å²) in [5.74, 6) is -0.723. The molecule has 1 unspecified atom stereocenters. The molecule has 3 aliphatic rings. The minimum atomic E-state index is -1.62. The number of carbonyl (C=O) groups excluding carboxylic acids is 2. The van der Waals surface area contributed by atoms with Gasteiger partial charge in [-0.15, -0.1) is 0 Å². The number of amides is 2. The molecular formula is C33H33ClFN5O5. The van der Waals surface area contributed by atoms with Gasteiger partial charge in [-0.2, -0.15) is 0 Å². The number of pyridine rings is 2. The first kappa shape index (κ1) is 29.5. The van der Waals surface area contributed by atoms with E-state index in [0.29, 0.717) is 46.8 Å². The fourth-order valence-corrected chi connectivity index (χ4v) is 6.35. The van der Waals surface area contributed by atoms with Gasteiger partial charge in [-0.3, -0.25) is 9.59 Å². The standard InChI is InChI=1S/C33H33ClFN5O5/c1-32(31(36)42)16-45-28-21(32)12-26(39-27(28)18-8-9-22(34)23(35)10-18)33(43,20-4-3-5-20)15-37-30(41)19-11-25(44-2)29-38-24(17-6-7-17)14-40(29)13-19/h8-14,17,20,43H,3-7,15-16H2,1-2H3,(H2,36,42)(H,37,41)/t32-,33?/m0/s1. The molecular weight excluding hydrogens is 601 g/mol. The van der Waals surface area contributed by atoms with Crippen molar-refractivity contribution in [3.63, 3.8) is 0 Å². The zero-order chi connectivity index (χ0) is 31.7. The highest BCUT2D eigenvalue weighted by atomic mass is 35.5. The Morgan fingerprint density at radius 2 is 2.00 bits per heavy atom. The number of nitrogens with one attached hydrogen (secondary N) is 1. The minimum absolute atomic E-state index is 0.0362. The highest BCUT2D eigenvalue weighted by Gasteiger charge is 2.48. The number of fused-ring (bicyclic) bond motifs is 2. The van der Waals surface area contributed by atoms with Crippen molar-refractivity contribution >= 4 is 29.1 Å². The summed E-state index contributed by atoms with van der Waals surface area (Å²) in [4.78, 5) is 35.8. The van der Waals surface area contributed by atoms with Crippen molar-refractivity contribution in [3.8, 4) is 22.8 Å². The number of nitrogens with zero attached hydrogens (tertiary/aromatic N) is 3. The summed E-state index contributed by atoms with van der Waals surface area (Å²) in [6.45, 7) is 1.46. The number of halogens is 2. The van der Waals surface area contributed by atoms with Crippen LogP contribution >= 0.6 is 11.6 Å². The molecule has 7 rings (SSSR count). The molecule has 45 heavy (non-hydrogen) atoms. The number of benzene rings is 1. The number of hydrogen-bond acceptors (Lipinski definition) is 7. The zero-order valence-corrected chi connectivity index (χ0v) is 25.7. The number of ether oxygens (including phenoxy) is 2. The summed E-state index contributed by atoms with van der Waals surface area (Å²) < 4.78 is 27.9. The Morgan fingerprint density at radius 1 is 1.22 bits per heavy atom. The van der Waals surface area contributed by atoms with Crippen molar-refractivity contribution in [3.05, 3.63) is 76.1 Å². The molecule has 0 spiro atoms. The van der Waals surface area contributed by atoms with E-state index in [1.165, 1.54) is 19.2 Å². The lowest BCUT2D eigenvalue weighted by Crippen LogP contribution is -2.49. The van der Waals surface area contributed by atoms with Crippen LogP contribution in [-0.4, -0.2) is 51.6 Å². The highest BCUT2D eigenvalue weighted by Crippen LogP contribution is 2.49. The molecule has 1 aromatic carbocycles. The van der Waals surface area contributed by atoms with E-state index in [1.807, 2.05) is 6.20 Å². The van der Waals surface area contributed by atoms with E-state index >= 15 is 0 Å². The van der Waals surface area contributed by atoms with Gasteiger partial charge < -0.3 is 30.0 Å². The lowest BCUT2D eigenvalue weighted by Gasteiger charge is -2.41. The van der Waals surface area contributed by atoms with E-state index < -0.39 is 28.6 Å². The molecule has 2 aliphatic carbocycles. The summed E-state index contributed by atoms with van der Waals surface area (Å²) in [5.41, 5.74) is 6.21. The summed E-state index contributed by atoms with van der Waals surface area (Å²) in [6, 6.07) is 7.50. The van der Waals surface area contributed by atoms with Gasteiger partial charge in [0.25, 0.3) is 5.91 Å². The Balaban J connectivity index is 1.27. The molecule has 10 nitrogen and oxygen atoms in total. The Morgan fingerprint density at radius 3 is 2.64 bits per heavy atom. The molecule has 4 aromatic rings. The number of hydrogen-bond donors (Lipinski definition) is 3. The van der Waals surface area contributed by atoms with E-state index in [1.54, 1.807) is 35.7 Å². The second kappa shape index (κ2) is 10.7. The van der Waals surface area contributed by atoms with E-state index in [-0.39, 0.29) is 41.2 Å². The van der Waals surface area contributed by atoms with E-state index in [2.05, 4.69) is 5.32 Å². The fourth-order valence-electron chi connectivity index (χ4n) is 6.23. The van der Waals surface area contributed by atoms with Gasteiger partial charge >= 0.3 is 0 Å². The van der Waals surface area contributed by atoms with Gasteiger partial charge in [0, 0.05) is 29.4 Å². The van der Waals surface area contributed by atoms with Crippen molar-refractivity contribution in [2.24, 2.45) is 11.7 Å². The second-order valence-electron chi connectivity index (χ2n) is 12.5. The maximum atomic E-state index is 14.6. The molecule has 4 heterocycles. The molecule has 0 bridgehead atoms. The Bertz CT molecular complexity index is 1870. The number of rotatable bonds is 9. The third-order valence-electron chi connectivity index (χ3n) is 9.57. The van der Waals surface area contributed by atoms with Gasteiger partial charge in [-0.25, -0.2) is 14.4 Å². The Kier molecular flexibility index (Phi) is 7.01. The SMILES string of the molecule is COc1cc(C(=O)NCC(O)(c2cc3c(c(-c4ccc(Cl)c(F)c4)n2)OC[C@]3(C)C(N)=O)C2CCC2)cn2cc(C3CC3)nc12. The molecule has 2 atom stereocenters. The van der Waals surface area contributed by atoms with Crippen molar-refractivity contribution in [2.45, 2.75) is 56.0 Å². The molecule has 2 fully saturated rings. The van der Waals surface area contributed by atoms with Crippen LogP contribution < -0.4 is 20.5 Å². The van der Waals surface area contributed by atoms with Crippen LogP contribution in [0.25, 0.3) is 16.9 Å². The molecule has 4 N–H and O–H groups in total. The third-order valence-corrected chi connectivity index (χ3v) is 9.87. The van der Waals surface area contributed by atoms with Gasteiger partial charge in [-0.1, -0.05) is 24.1 Å². The summed E-state index contributed by atoms with van der Waals surface area (Å²) in [6.07, 6.45) is 8.12. The maximum Gasteiger partial charge on any atom is 0.253 e. The van der Waals surface area contributed by atoms with Crippen molar-refractivity contribution in [1.29, 1.82) is 0 Å². The van der Waals surface area contributed by atoms with Gasteiger partial charge in [0.05, 0.1) is 35.6 Å². The first-order valence-corrected chi connectivity index (χ1v) is 15.4. The fraction of sp³-hybridized carbons (Fsp3) is 0.394. The minimum Gasteiger partial charge on any atom is -0.493 e. The van der Waals surface area contributed by atoms with Gasteiger partial charge in [0.15, 0.2) is 11.4 Å². The Labute approximate surface area is 263 Å². The number of aromatic nitrogens is 3. The molecule has 2 amide bonds. The predicted molar refractivity (Wildman–Crippen MR) is 164 cm³/mol. The number of methoxy groups -OCH3 is 1. The van der Waals surface area contributed by atoms with Crippen LogP contribution in [0.4, 0.5) is 4.39 Å². The Hall–Kier alpha value is -4.22. The third kappa shape index (κ3) is 4.89. The molecule has 234 valence electrons. The molecule has 12 heteroatoms. The predicted octanol–water partition coefficient (Wildman–Crippen LogP) is 4.63. The second-order valence-corrected chi connectivity index (χ2v) is 13.0. The summed E-state index contributed by atoms with van der Waals surface area (Å²) in [7, 11) is 1.53. The van der Waals surface area contributed by atoms with Crippen molar-refractivity contribution < 1.29 is 28.6 Å². The normalized spacial score (nSPS) is 20.6. The highest BCUT2D eigenvalue weighted by molar-refractivity contribution is 6.30. The van der Waals surface area contributed by atoms with Crippen LogP contribution in [-0.2, 0) is 15.8 Å². The van der Waals surface area contributed by atoms with Gasteiger partial charge in [-0.05, 0) is 62.8 Å².